The summed E-state index contributed by atoms with van der Waals surface area (Å²) in [5.41, 5.74) is 3.61. The van der Waals surface area contributed by atoms with E-state index in [2.05, 4.69) is 17.1 Å². The summed E-state index contributed by atoms with van der Waals surface area (Å²) < 4.78 is 1.72. The molecule has 0 aliphatic heterocycles. The Morgan fingerprint density at radius 3 is 2.25 bits per heavy atom. The predicted octanol–water partition coefficient (Wildman–Crippen LogP) is 5.86. The van der Waals surface area contributed by atoms with Crippen LogP contribution in [0.5, 0.6) is 0 Å². The van der Waals surface area contributed by atoms with Crippen molar-refractivity contribution in [3.63, 3.8) is 0 Å². The number of pyridine rings is 2. The summed E-state index contributed by atoms with van der Waals surface area (Å²) in [6.45, 7) is 0. The lowest BCUT2D eigenvalue weighted by Crippen LogP contribution is -2.19. The number of hydrogen-bond donors (Lipinski definition) is 0. The van der Waals surface area contributed by atoms with Crippen molar-refractivity contribution in [1.82, 2.24) is 9.55 Å². The lowest BCUT2D eigenvalue weighted by Gasteiger charge is -2.14. The van der Waals surface area contributed by atoms with Gasteiger partial charge in [0.05, 0.1) is 11.7 Å². The first-order valence-corrected chi connectivity index (χ1v) is 9.35. The highest BCUT2D eigenvalue weighted by molar-refractivity contribution is 6.30. The summed E-state index contributed by atoms with van der Waals surface area (Å²) in [5.74, 6) is 0. The van der Waals surface area contributed by atoms with Crippen molar-refractivity contribution in [2.75, 3.05) is 0 Å². The molecule has 0 unspecified atom stereocenters. The van der Waals surface area contributed by atoms with Crippen molar-refractivity contribution in [2.24, 2.45) is 0 Å². The molecule has 0 saturated carbocycles. The maximum absolute atomic E-state index is 13.4. The first-order chi connectivity index (χ1) is 13.7. The van der Waals surface area contributed by atoms with Crippen molar-refractivity contribution in [2.45, 2.75) is 0 Å². The van der Waals surface area contributed by atoms with Crippen LogP contribution >= 0.6 is 11.6 Å². The third kappa shape index (κ3) is 2.68. The summed E-state index contributed by atoms with van der Waals surface area (Å²) in [4.78, 5) is 17.6. The molecule has 2 aromatic heterocycles. The molecule has 0 N–H and O–H groups in total. The van der Waals surface area contributed by atoms with E-state index in [4.69, 9.17) is 11.6 Å². The fraction of sp³-hybridized carbons (Fsp3) is 0. The van der Waals surface area contributed by atoms with Gasteiger partial charge < -0.3 is 0 Å². The van der Waals surface area contributed by atoms with E-state index in [1.54, 1.807) is 10.8 Å². The Kier molecular flexibility index (Phi) is 3.96. The molecule has 0 bridgehead atoms. The summed E-state index contributed by atoms with van der Waals surface area (Å²) >= 11 is 6.16. The number of hydrogen-bond acceptors (Lipinski definition) is 2. The van der Waals surface area contributed by atoms with Crippen molar-refractivity contribution >= 4 is 33.3 Å². The molecule has 3 aromatic carbocycles. The molecular formula is C24H15ClN2O. The Balaban J connectivity index is 1.87. The van der Waals surface area contributed by atoms with Crippen LogP contribution in [-0.2, 0) is 0 Å². The van der Waals surface area contributed by atoms with Gasteiger partial charge in [0.1, 0.15) is 5.15 Å². The summed E-state index contributed by atoms with van der Waals surface area (Å²) in [5, 5.41) is 2.84. The third-order valence-corrected chi connectivity index (χ3v) is 5.16. The Bertz CT molecular complexity index is 1390. The van der Waals surface area contributed by atoms with E-state index >= 15 is 0 Å². The molecule has 0 amide bonds. The zero-order chi connectivity index (χ0) is 19.1. The van der Waals surface area contributed by atoms with E-state index in [9.17, 15) is 4.79 Å². The monoisotopic (exact) mass is 382 g/mol. The van der Waals surface area contributed by atoms with Gasteiger partial charge in [0.2, 0.25) is 0 Å². The van der Waals surface area contributed by atoms with Gasteiger partial charge >= 0.3 is 0 Å². The van der Waals surface area contributed by atoms with Crippen molar-refractivity contribution in [3.05, 3.63) is 107 Å². The summed E-state index contributed by atoms with van der Waals surface area (Å²) in [7, 11) is 0. The maximum atomic E-state index is 13.4. The Labute approximate surface area is 166 Å². The van der Waals surface area contributed by atoms with Crippen LogP contribution in [0, 0.1) is 0 Å². The van der Waals surface area contributed by atoms with Crippen molar-refractivity contribution in [1.29, 1.82) is 0 Å². The number of nitrogens with zero attached hydrogens (tertiary/aromatic N) is 2. The fourth-order valence-corrected chi connectivity index (χ4v) is 3.82. The minimum atomic E-state index is -0.0718. The summed E-state index contributed by atoms with van der Waals surface area (Å²) in [6.07, 6.45) is 1.67. The van der Waals surface area contributed by atoms with Crippen molar-refractivity contribution < 1.29 is 0 Å². The molecule has 5 rings (SSSR count). The molecular weight excluding hydrogens is 368 g/mol. The van der Waals surface area contributed by atoms with E-state index in [0.29, 0.717) is 10.5 Å². The highest BCUT2D eigenvalue weighted by Gasteiger charge is 2.13. The molecule has 28 heavy (non-hydrogen) atoms. The molecule has 0 fully saturated rings. The van der Waals surface area contributed by atoms with Gasteiger partial charge in [-0.15, -0.1) is 0 Å². The molecule has 0 aliphatic carbocycles. The van der Waals surface area contributed by atoms with E-state index < -0.39 is 0 Å². The van der Waals surface area contributed by atoms with Crippen LogP contribution in [0.25, 0.3) is 38.5 Å². The standard InChI is InChI=1S/C24H15ClN2O/c25-23-14-21-19-11-4-5-12-20(19)24(28)27(22(21)15-26-23)18-10-6-9-17(13-18)16-7-2-1-3-8-16/h1-15H. The van der Waals surface area contributed by atoms with Gasteiger partial charge in [0, 0.05) is 16.5 Å². The molecule has 134 valence electrons. The maximum Gasteiger partial charge on any atom is 0.263 e. The molecule has 0 spiro atoms. The van der Waals surface area contributed by atoms with Crippen LogP contribution in [0.1, 0.15) is 0 Å². The fourth-order valence-electron chi connectivity index (χ4n) is 3.66. The van der Waals surface area contributed by atoms with Gasteiger partial charge in [-0.2, -0.15) is 0 Å². The average molecular weight is 383 g/mol. The smallest absolute Gasteiger partial charge is 0.263 e. The Hall–Kier alpha value is -3.43. The molecule has 0 radical (unpaired) electrons. The highest BCUT2D eigenvalue weighted by Crippen LogP contribution is 2.28. The largest absolute Gasteiger partial charge is 0.275 e. The molecule has 0 saturated heterocycles. The van der Waals surface area contributed by atoms with Gasteiger partial charge in [-0.05, 0) is 40.8 Å². The highest BCUT2D eigenvalue weighted by atomic mass is 35.5. The molecule has 0 aliphatic rings. The molecule has 3 nitrogen and oxygen atoms in total. The number of fused-ring (bicyclic) bond motifs is 3. The number of halogens is 1. The topological polar surface area (TPSA) is 34.9 Å². The number of aromatic nitrogens is 2. The van der Waals surface area contributed by atoms with Crippen LogP contribution < -0.4 is 5.56 Å². The van der Waals surface area contributed by atoms with Crippen LogP contribution in [0.4, 0.5) is 0 Å². The van der Waals surface area contributed by atoms with Gasteiger partial charge in [0.25, 0.3) is 5.56 Å². The second-order valence-electron chi connectivity index (χ2n) is 6.63. The van der Waals surface area contributed by atoms with E-state index in [1.807, 2.05) is 72.8 Å². The quantitative estimate of drug-likeness (QED) is 0.283. The predicted molar refractivity (Wildman–Crippen MR) is 115 cm³/mol. The van der Waals surface area contributed by atoms with E-state index in [1.165, 1.54) is 0 Å². The third-order valence-electron chi connectivity index (χ3n) is 4.95. The first kappa shape index (κ1) is 16.7. The van der Waals surface area contributed by atoms with E-state index in [-0.39, 0.29) is 5.56 Å². The van der Waals surface area contributed by atoms with Gasteiger partial charge in [0.15, 0.2) is 0 Å². The lowest BCUT2D eigenvalue weighted by atomic mass is 10.0. The number of rotatable bonds is 2. The second kappa shape index (κ2) is 6.63. The van der Waals surface area contributed by atoms with Crippen LogP contribution in [0.2, 0.25) is 5.15 Å². The summed E-state index contributed by atoms with van der Waals surface area (Å²) in [6, 6.07) is 27.5. The van der Waals surface area contributed by atoms with Crippen LogP contribution in [-0.4, -0.2) is 9.55 Å². The first-order valence-electron chi connectivity index (χ1n) is 8.97. The van der Waals surface area contributed by atoms with Gasteiger partial charge in [-0.1, -0.05) is 72.3 Å². The Morgan fingerprint density at radius 2 is 1.43 bits per heavy atom. The average Bonchev–Trinajstić information content (AvgIpc) is 2.75. The van der Waals surface area contributed by atoms with Gasteiger partial charge in [-0.3, -0.25) is 9.36 Å². The van der Waals surface area contributed by atoms with Crippen LogP contribution in [0.3, 0.4) is 0 Å². The second-order valence-corrected chi connectivity index (χ2v) is 7.01. The zero-order valence-corrected chi connectivity index (χ0v) is 15.6. The minimum Gasteiger partial charge on any atom is -0.275 e. The molecule has 0 atom stereocenters. The zero-order valence-electron chi connectivity index (χ0n) is 14.8. The molecule has 5 aromatic rings. The van der Waals surface area contributed by atoms with Crippen LogP contribution in [0.15, 0.2) is 95.9 Å². The van der Waals surface area contributed by atoms with Crippen molar-refractivity contribution in [3.8, 4) is 16.8 Å². The molecule has 4 heteroatoms. The van der Waals surface area contributed by atoms with Gasteiger partial charge in [-0.25, -0.2) is 4.98 Å². The number of benzene rings is 3. The normalized spacial score (nSPS) is 11.2. The molecule has 2 heterocycles. The SMILES string of the molecule is O=c1c2ccccc2c2cc(Cl)ncc2n1-c1cccc(-c2ccccc2)c1. The van der Waals surface area contributed by atoms with E-state index in [0.717, 1.165) is 33.1 Å². The lowest BCUT2D eigenvalue weighted by molar-refractivity contribution is 1.05. The minimum absolute atomic E-state index is 0.0718. The Morgan fingerprint density at radius 1 is 0.714 bits per heavy atom.